The van der Waals surface area contributed by atoms with Crippen LogP contribution in [-0.4, -0.2) is 32.2 Å². The lowest BCUT2D eigenvalue weighted by atomic mass is 10.2. The summed E-state index contributed by atoms with van der Waals surface area (Å²) in [7, 11) is 1.53. The summed E-state index contributed by atoms with van der Waals surface area (Å²) in [5, 5.41) is 2.83. The van der Waals surface area contributed by atoms with Gasteiger partial charge in [-0.15, -0.1) is 0 Å². The summed E-state index contributed by atoms with van der Waals surface area (Å²) in [4.78, 5) is 14.0. The van der Waals surface area contributed by atoms with Gasteiger partial charge in [0.05, 0.1) is 0 Å². The normalized spacial score (nSPS) is 16.7. The van der Waals surface area contributed by atoms with Crippen LogP contribution in [0, 0.1) is 0 Å². The second-order valence-electron chi connectivity index (χ2n) is 4.61. The largest absolute Gasteiger partial charge is 0.372 e. The van der Waals surface area contributed by atoms with E-state index in [4.69, 9.17) is 4.74 Å². The van der Waals surface area contributed by atoms with Crippen molar-refractivity contribution in [3.63, 3.8) is 0 Å². The van der Waals surface area contributed by atoms with Crippen LogP contribution in [0.2, 0.25) is 0 Å². The van der Waals surface area contributed by atoms with Gasteiger partial charge in [0.2, 0.25) is 0 Å². The summed E-state index contributed by atoms with van der Waals surface area (Å²) in [5.74, 6) is -0.119. The summed E-state index contributed by atoms with van der Waals surface area (Å²) in [6, 6.07) is 7.98. The van der Waals surface area contributed by atoms with E-state index < -0.39 is 6.10 Å². The van der Waals surface area contributed by atoms with Gasteiger partial charge in [0.25, 0.3) is 5.91 Å². The molecule has 1 fully saturated rings. The second kappa shape index (κ2) is 5.87. The van der Waals surface area contributed by atoms with Gasteiger partial charge >= 0.3 is 0 Å². The molecule has 4 heteroatoms. The molecule has 0 aliphatic carbocycles. The molecule has 0 aromatic heterocycles. The van der Waals surface area contributed by atoms with Gasteiger partial charge in [0.1, 0.15) is 6.10 Å². The number of hydrogen-bond donors (Lipinski definition) is 1. The Labute approximate surface area is 108 Å². The number of anilines is 2. The smallest absolute Gasteiger partial charge is 0.253 e. The first-order valence-electron chi connectivity index (χ1n) is 6.39. The minimum Gasteiger partial charge on any atom is -0.372 e. The van der Waals surface area contributed by atoms with Crippen LogP contribution in [0.3, 0.4) is 0 Å². The Morgan fingerprint density at radius 3 is 2.44 bits per heavy atom. The van der Waals surface area contributed by atoms with Gasteiger partial charge in [0, 0.05) is 31.6 Å². The molecule has 98 valence electrons. The first kappa shape index (κ1) is 12.9. The van der Waals surface area contributed by atoms with Gasteiger partial charge in [-0.2, -0.15) is 0 Å². The third kappa shape index (κ3) is 3.01. The molecule has 1 amide bonds. The van der Waals surface area contributed by atoms with Crippen LogP contribution in [0.5, 0.6) is 0 Å². The number of amides is 1. The highest BCUT2D eigenvalue weighted by Gasteiger charge is 2.13. The Morgan fingerprint density at radius 1 is 1.28 bits per heavy atom. The Hall–Kier alpha value is -1.55. The molecule has 1 aromatic carbocycles. The summed E-state index contributed by atoms with van der Waals surface area (Å²) in [5.41, 5.74) is 2.04. The van der Waals surface area contributed by atoms with E-state index in [2.05, 4.69) is 22.3 Å². The fourth-order valence-corrected chi connectivity index (χ4v) is 2.08. The van der Waals surface area contributed by atoms with E-state index >= 15 is 0 Å². The lowest BCUT2D eigenvalue weighted by Crippen LogP contribution is -2.26. The Morgan fingerprint density at radius 2 is 1.89 bits per heavy atom. The molecule has 0 spiro atoms. The predicted octanol–water partition coefficient (Wildman–Crippen LogP) is 2.26. The van der Waals surface area contributed by atoms with Gasteiger partial charge in [-0.3, -0.25) is 4.79 Å². The molecule has 1 aliphatic heterocycles. The van der Waals surface area contributed by atoms with Crippen LogP contribution >= 0.6 is 0 Å². The van der Waals surface area contributed by atoms with Gasteiger partial charge < -0.3 is 15.0 Å². The zero-order valence-corrected chi connectivity index (χ0v) is 11.0. The van der Waals surface area contributed by atoms with Crippen molar-refractivity contribution in [2.45, 2.75) is 25.9 Å². The zero-order valence-electron chi connectivity index (χ0n) is 11.0. The number of nitrogens with one attached hydrogen (secondary N) is 1. The molecule has 1 unspecified atom stereocenters. The Kier molecular flexibility index (Phi) is 4.20. The average molecular weight is 248 g/mol. The van der Waals surface area contributed by atoms with E-state index in [1.807, 2.05) is 12.1 Å². The van der Waals surface area contributed by atoms with Crippen molar-refractivity contribution in [3.05, 3.63) is 24.3 Å². The van der Waals surface area contributed by atoms with Crippen LogP contribution in [0.1, 0.15) is 19.8 Å². The standard InChI is InChI=1S/C14H20N2O2/c1-11(18-2)14(17)15-12-5-7-13(8-6-12)16-9-3-4-10-16/h5-8,11H,3-4,9-10H2,1-2H3,(H,15,17). The third-order valence-electron chi connectivity index (χ3n) is 3.33. The summed E-state index contributed by atoms with van der Waals surface area (Å²) in [6.45, 7) is 3.99. The van der Waals surface area contributed by atoms with Crippen molar-refractivity contribution in [1.82, 2.24) is 0 Å². The van der Waals surface area contributed by atoms with Crippen LogP contribution < -0.4 is 10.2 Å². The highest BCUT2D eigenvalue weighted by Crippen LogP contribution is 2.22. The van der Waals surface area contributed by atoms with E-state index in [1.165, 1.54) is 25.6 Å². The van der Waals surface area contributed by atoms with Crippen LogP contribution in [0.25, 0.3) is 0 Å². The number of rotatable bonds is 4. The number of methoxy groups -OCH3 is 1. The molecule has 0 bridgehead atoms. The van der Waals surface area contributed by atoms with Crippen molar-refractivity contribution in [1.29, 1.82) is 0 Å². The molecule has 1 aliphatic rings. The highest BCUT2D eigenvalue weighted by molar-refractivity contribution is 5.94. The summed E-state index contributed by atoms with van der Waals surface area (Å²) in [6.07, 6.45) is 2.11. The quantitative estimate of drug-likeness (QED) is 0.888. The van der Waals surface area contributed by atoms with Crippen molar-refractivity contribution in [2.24, 2.45) is 0 Å². The van der Waals surface area contributed by atoms with Gasteiger partial charge in [0.15, 0.2) is 0 Å². The maximum atomic E-state index is 11.6. The molecule has 0 radical (unpaired) electrons. The molecular weight excluding hydrogens is 228 g/mol. The summed E-state index contributed by atoms with van der Waals surface area (Å²) < 4.78 is 4.97. The SMILES string of the molecule is COC(C)C(=O)Nc1ccc(N2CCCC2)cc1. The van der Waals surface area contributed by atoms with Crippen molar-refractivity contribution in [3.8, 4) is 0 Å². The minimum absolute atomic E-state index is 0.119. The van der Waals surface area contributed by atoms with Crippen LogP contribution in [0.4, 0.5) is 11.4 Å². The fraction of sp³-hybridized carbons (Fsp3) is 0.500. The highest BCUT2D eigenvalue weighted by atomic mass is 16.5. The molecule has 1 atom stereocenters. The first-order chi connectivity index (χ1) is 8.70. The second-order valence-corrected chi connectivity index (χ2v) is 4.61. The zero-order chi connectivity index (χ0) is 13.0. The average Bonchev–Trinajstić information content (AvgIpc) is 2.92. The fourth-order valence-electron chi connectivity index (χ4n) is 2.08. The number of hydrogen-bond acceptors (Lipinski definition) is 3. The topological polar surface area (TPSA) is 41.6 Å². The molecule has 1 heterocycles. The molecule has 18 heavy (non-hydrogen) atoms. The molecule has 1 aromatic rings. The number of carbonyl (C=O) groups is 1. The number of benzene rings is 1. The lowest BCUT2D eigenvalue weighted by Gasteiger charge is -2.18. The van der Waals surface area contributed by atoms with Gasteiger partial charge in [-0.05, 0) is 44.0 Å². The molecule has 4 nitrogen and oxygen atoms in total. The van der Waals surface area contributed by atoms with E-state index in [9.17, 15) is 4.79 Å². The number of carbonyl (C=O) groups excluding carboxylic acids is 1. The Balaban J connectivity index is 1.97. The molecule has 0 saturated carbocycles. The Bertz CT molecular complexity index is 397. The minimum atomic E-state index is -0.428. The van der Waals surface area contributed by atoms with Crippen molar-refractivity contribution < 1.29 is 9.53 Å². The van der Waals surface area contributed by atoms with E-state index in [0.717, 1.165) is 18.8 Å². The van der Waals surface area contributed by atoms with Crippen LogP contribution in [0.15, 0.2) is 24.3 Å². The van der Waals surface area contributed by atoms with E-state index in [1.54, 1.807) is 6.92 Å². The molecular formula is C14H20N2O2. The van der Waals surface area contributed by atoms with Gasteiger partial charge in [-0.25, -0.2) is 0 Å². The molecule has 1 N–H and O–H groups in total. The number of ether oxygens (including phenoxy) is 1. The maximum absolute atomic E-state index is 11.6. The molecule has 2 rings (SSSR count). The van der Waals surface area contributed by atoms with E-state index in [0.29, 0.717) is 0 Å². The van der Waals surface area contributed by atoms with E-state index in [-0.39, 0.29) is 5.91 Å². The lowest BCUT2D eigenvalue weighted by molar-refractivity contribution is -0.124. The summed E-state index contributed by atoms with van der Waals surface area (Å²) >= 11 is 0. The van der Waals surface area contributed by atoms with Crippen LogP contribution in [-0.2, 0) is 9.53 Å². The third-order valence-corrected chi connectivity index (χ3v) is 3.33. The maximum Gasteiger partial charge on any atom is 0.253 e. The monoisotopic (exact) mass is 248 g/mol. The van der Waals surface area contributed by atoms with Gasteiger partial charge in [-0.1, -0.05) is 0 Å². The number of nitrogens with zero attached hydrogens (tertiary/aromatic N) is 1. The molecule has 1 saturated heterocycles. The first-order valence-corrected chi connectivity index (χ1v) is 6.39. The van der Waals surface area contributed by atoms with Crippen molar-refractivity contribution in [2.75, 3.05) is 30.4 Å². The predicted molar refractivity (Wildman–Crippen MR) is 73.0 cm³/mol. The van der Waals surface area contributed by atoms with Crippen molar-refractivity contribution >= 4 is 17.3 Å².